The first kappa shape index (κ1) is 15.0. The molecular formula is C15H16ClN3O3. The lowest BCUT2D eigenvalue weighted by atomic mass is 10.2. The molecule has 1 aliphatic heterocycles. The fourth-order valence-corrected chi connectivity index (χ4v) is 2.99. The zero-order valence-electron chi connectivity index (χ0n) is 12.2. The fraction of sp³-hybridized carbons (Fsp3) is 0.400. The van der Waals surface area contributed by atoms with E-state index in [0.717, 1.165) is 19.4 Å². The minimum Gasteiger partial charge on any atom is -0.468 e. The number of nitrogens with zero attached hydrogens (tertiary/aromatic N) is 3. The van der Waals surface area contributed by atoms with Gasteiger partial charge >= 0.3 is 5.97 Å². The predicted molar refractivity (Wildman–Crippen MR) is 81.9 cm³/mol. The third-order valence-electron chi connectivity index (χ3n) is 3.88. The number of methoxy groups -OCH3 is 1. The molecule has 1 atom stereocenters. The largest absolute Gasteiger partial charge is 0.468 e. The number of rotatable bonds is 3. The molecule has 7 heteroatoms. The molecule has 1 fully saturated rings. The number of esters is 1. The van der Waals surface area contributed by atoms with E-state index in [1.165, 1.54) is 17.6 Å². The van der Waals surface area contributed by atoms with Gasteiger partial charge in [-0.1, -0.05) is 11.6 Å². The van der Waals surface area contributed by atoms with Gasteiger partial charge in [0.15, 0.2) is 0 Å². The molecule has 0 saturated carbocycles. The minimum atomic E-state index is -0.254. The van der Waals surface area contributed by atoms with Crippen LogP contribution in [0, 0.1) is 0 Å². The van der Waals surface area contributed by atoms with Crippen LogP contribution in [0.5, 0.6) is 0 Å². The Balaban J connectivity index is 1.89. The summed E-state index contributed by atoms with van der Waals surface area (Å²) in [5.74, 6) is -0.234. The van der Waals surface area contributed by atoms with E-state index < -0.39 is 0 Å². The number of hydrogen-bond donors (Lipinski definition) is 0. The Morgan fingerprint density at radius 1 is 1.50 bits per heavy atom. The summed E-state index contributed by atoms with van der Waals surface area (Å²) in [7, 11) is 1.39. The van der Waals surface area contributed by atoms with Crippen LogP contribution < -0.4 is 5.56 Å². The molecule has 0 amide bonds. The summed E-state index contributed by atoms with van der Waals surface area (Å²) in [4.78, 5) is 30.4. The number of hydrogen-bond acceptors (Lipinski definition) is 5. The lowest BCUT2D eigenvalue weighted by molar-refractivity contribution is -0.146. The third-order valence-corrected chi connectivity index (χ3v) is 4.10. The van der Waals surface area contributed by atoms with Crippen molar-refractivity contribution in [3.63, 3.8) is 0 Å². The number of halogens is 1. The smallest absolute Gasteiger partial charge is 0.323 e. The van der Waals surface area contributed by atoms with E-state index in [1.54, 1.807) is 18.3 Å². The number of carbonyl (C=O) groups excluding carboxylic acids is 1. The van der Waals surface area contributed by atoms with Crippen molar-refractivity contribution >= 4 is 23.2 Å². The van der Waals surface area contributed by atoms with Crippen molar-refractivity contribution in [2.45, 2.75) is 25.4 Å². The summed E-state index contributed by atoms with van der Waals surface area (Å²) in [6, 6.07) is 4.63. The van der Waals surface area contributed by atoms with Crippen molar-refractivity contribution in [2.75, 3.05) is 13.7 Å². The Labute approximate surface area is 132 Å². The van der Waals surface area contributed by atoms with Gasteiger partial charge < -0.3 is 4.74 Å². The summed E-state index contributed by atoms with van der Waals surface area (Å²) < 4.78 is 6.24. The molecule has 1 saturated heterocycles. The van der Waals surface area contributed by atoms with Gasteiger partial charge in [-0.15, -0.1) is 0 Å². The molecule has 116 valence electrons. The maximum Gasteiger partial charge on any atom is 0.323 e. The van der Waals surface area contributed by atoms with E-state index in [1.807, 2.05) is 4.90 Å². The topological polar surface area (TPSA) is 63.9 Å². The maximum atomic E-state index is 12.2. The number of pyridine rings is 1. The predicted octanol–water partition coefficient (Wildman–Crippen LogP) is 1.49. The van der Waals surface area contributed by atoms with Crippen LogP contribution in [0.3, 0.4) is 0 Å². The van der Waals surface area contributed by atoms with Gasteiger partial charge in [-0.2, -0.15) is 0 Å². The van der Waals surface area contributed by atoms with Crippen molar-refractivity contribution in [1.82, 2.24) is 14.3 Å². The number of carbonyl (C=O) groups is 1. The van der Waals surface area contributed by atoms with Crippen LogP contribution >= 0.6 is 11.6 Å². The molecule has 0 radical (unpaired) electrons. The van der Waals surface area contributed by atoms with Crippen molar-refractivity contribution in [1.29, 1.82) is 0 Å². The van der Waals surface area contributed by atoms with Crippen LogP contribution in [0.1, 0.15) is 18.5 Å². The second-order valence-electron chi connectivity index (χ2n) is 5.31. The van der Waals surface area contributed by atoms with Gasteiger partial charge in [-0.05, 0) is 31.5 Å². The fourth-order valence-electron chi connectivity index (χ4n) is 2.83. The van der Waals surface area contributed by atoms with E-state index in [2.05, 4.69) is 4.98 Å². The maximum absolute atomic E-state index is 12.2. The molecule has 0 aromatic carbocycles. The lowest BCUT2D eigenvalue weighted by Crippen LogP contribution is -2.36. The second-order valence-corrected chi connectivity index (χ2v) is 5.75. The molecule has 6 nitrogen and oxygen atoms in total. The number of ether oxygens (including phenoxy) is 1. The highest BCUT2D eigenvalue weighted by Gasteiger charge is 2.31. The molecule has 0 N–H and O–H groups in total. The number of aromatic nitrogens is 2. The Morgan fingerprint density at radius 3 is 3.09 bits per heavy atom. The van der Waals surface area contributed by atoms with Gasteiger partial charge in [0.1, 0.15) is 11.7 Å². The highest BCUT2D eigenvalue weighted by atomic mass is 35.5. The van der Waals surface area contributed by atoms with Crippen LogP contribution in [-0.4, -0.2) is 40.0 Å². The minimum absolute atomic E-state index is 0.184. The monoisotopic (exact) mass is 321 g/mol. The molecule has 0 aliphatic carbocycles. The molecule has 0 bridgehead atoms. The molecule has 2 aromatic rings. The quantitative estimate of drug-likeness (QED) is 0.801. The molecule has 0 spiro atoms. The zero-order chi connectivity index (χ0) is 15.7. The zero-order valence-corrected chi connectivity index (χ0v) is 12.9. The van der Waals surface area contributed by atoms with Crippen LogP contribution in [0.2, 0.25) is 5.02 Å². The molecular weight excluding hydrogens is 306 g/mol. The van der Waals surface area contributed by atoms with Crippen LogP contribution in [0.4, 0.5) is 0 Å². The van der Waals surface area contributed by atoms with Crippen LogP contribution in [0.15, 0.2) is 29.2 Å². The molecule has 1 aliphatic rings. The highest BCUT2D eigenvalue weighted by Crippen LogP contribution is 2.20. The summed E-state index contributed by atoms with van der Waals surface area (Å²) in [5.41, 5.74) is 1.00. The Bertz CT molecular complexity index is 774. The average Bonchev–Trinajstić information content (AvgIpc) is 2.95. The van der Waals surface area contributed by atoms with Crippen molar-refractivity contribution in [2.24, 2.45) is 0 Å². The van der Waals surface area contributed by atoms with E-state index in [4.69, 9.17) is 16.3 Å². The van der Waals surface area contributed by atoms with Crippen molar-refractivity contribution in [3.05, 3.63) is 45.5 Å². The Morgan fingerprint density at radius 2 is 2.32 bits per heavy atom. The molecule has 1 unspecified atom stereocenters. The van der Waals surface area contributed by atoms with Crippen molar-refractivity contribution in [3.8, 4) is 0 Å². The van der Waals surface area contributed by atoms with E-state index in [-0.39, 0.29) is 17.6 Å². The third kappa shape index (κ3) is 2.84. The van der Waals surface area contributed by atoms with E-state index in [9.17, 15) is 9.59 Å². The van der Waals surface area contributed by atoms with Crippen molar-refractivity contribution < 1.29 is 9.53 Å². The summed E-state index contributed by atoms with van der Waals surface area (Å²) in [6.45, 7) is 1.25. The SMILES string of the molecule is COC(=O)C1CCCN1Cc1cc(=O)n2cc(Cl)ccc2n1. The van der Waals surface area contributed by atoms with E-state index in [0.29, 0.717) is 22.9 Å². The van der Waals surface area contributed by atoms with Gasteiger partial charge in [0.05, 0.1) is 17.8 Å². The summed E-state index contributed by atoms with van der Waals surface area (Å²) in [5, 5.41) is 0.481. The first-order chi connectivity index (χ1) is 10.6. The first-order valence-electron chi connectivity index (χ1n) is 7.08. The van der Waals surface area contributed by atoms with Gasteiger partial charge in [0.2, 0.25) is 0 Å². The molecule has 22 heavy (non-hydrogen) atoms. The van der Waals surface area contributed by atoms with E-state index >= 15 is 0 Å². The van der Waals surface area contributed by atoms with Gasteiger partial charge in [0.25, 0.3) is 5.56 Å². The average molecular weight is 322 g/mol. The summed E-state index contributed by atoms with van der Waals surface area (Å²) in [6.07, 6.45) is 3.25. The van der Waals surface area contributed by atoms with Crippen LogP contribution in [0.25, 0.3) is 5.65 Å². The van der Waals surface area contributed by atoms with Gasteiger partial charge in [0, 0.05) is 18.8 Å². The van der Waals surface area contributed by atoms with Gasteiger partial charge in [-0.25, -0.2) is 4.98 Å². The molecule has 3 rings (SSSR count). The Hall–Kier alpha value is -1.92. The normalized spacial score (nSPS) is 18.7. The second kappa shape index (κ2) is 6.06. The molecule has 3 heterocycles. The molecule has 2 aromatic heterocycles. The number of likely N-dealkylation sites (tertiary alicyclic amines) is 1. The Kier molecular flexibility index (Phi) is 4.13. The van der Waals surface area contributed by atoms with Gasteiger partial charge in [-0.3, -0.25) is 18.9 Å². The summed E-state index contributed by atoms with van der Waals surface area (Å²) >= 11 is 5.89. The number of fused-ring (bicyclic) bond motifs is 1. The highest BCUT2D eigenvalue weighted by molar-refractivity contribution is 6.30. The standard InChI is InChI=1S/C15H16ClN3O3/c1-22-15(21)12-3-2-6-18(12)9-11-7-14(20)19-8-10(16)4-5-13(19)17-11/h4-5,7-8,12H,2-3,6,9H2,1H3. The lowest BCUT2D eigenvalue weighted by Gasteiger charge is -2.21. The van der Waals surface area contributed by atoms with Crippen LogP contribution in [-0.2, 0) is 16.1 Å². The first-order valence-corrected chi connectivity index (χ1v) is 7.46.